The van der Waals surface area contributed by atoms with Crippen molar-refractivity contribution in [1.82, 2.24) is 5.32 Å². The molecule has 2 amide bonds. The maximum atomic E-state index is 13.0. The Morgan fingerprint density at radius 2 is 1.93 bits per heavy atom. The van der Waals surface area contributed by atoms with Crippen molar-refractivity contribution in [2.24, 2.45) is 0 Å². The Labute approximate surface area is 163 Å². The van der Waals surface area contributed by atoms with Crippen LogP contribution in [0.1, 0.15) is 25.8 Å². The topological polar surface area (TPSA) is 58.6 Å². The van der Waals surface area contributed by atoms with Crippen molar-refractivity contribution in [3.8, 4) is 5.75 Å². The van der Waals surface area contributed by atoms with Crippen molar-refractivity contribution in [3.05, 3.63) is 64.9 Å². The summed E-state index contributed by atoms with van der Waals surface area (Å²) in [6, 6.07) is 14.4. The number of hydrogen-bond donors (Lipinski definition) is 1. The first-order valence-corrected chi connectivity index (χ1v) is 9.21. The second kappa shape index (κ2) is 8.27. The highest BCUT2D eigenvalue weighted by atomic mass is 35.5. The van der Waals surface area contributed by atoms with Crippen LogP contribution in [0.2, 0.25) is 5.02 Å². The summed E-state index contributed by atoms with van der Waals surface area (Å²) in [7, 11) is 0. The highest BCUT2D eigenvalue weighted by molar-refractivity contribution is 6.32. The second-order valence-corrected chi connectivity index (χ2v) is 6.78. The predicted molar refractivity (Wildman–Crippen MR) is 107 cm³/mol. The van der Waals surface area contributed by atoms with Gasteiger partial charge < -0.3 is 10.1 Å². The smallest absolute Gasteiger partial charge is 0.294 e. The monoisotopic (exact) mass is 384 g/mol. The lowest BCUT2D eigenvalue weighted by atomic mass is 10.1. The van der Waals surface area contributed by atoms with Gasteiger partial charge >= 0.3 is 0 Å². The van der Waals surface area contributed by atoms with Gasteiger partial charge in [-0.25, -0.2) is 0 Å². The molecule has 1 atom stereocenters. The van der Waals surface area contributed by atoms with Crippen LogP contribution in [0, 0.1) is 0 Å². The third-order valence-corrected chi connectivity index (χ3v) is 4.69. The third kappa shape index (κ3) is 4.31. The Morgan fingerprint density at radius 1 is 1.22 bits per heavy atom. The first-order valence-electron chi connectivity index (χ1n) is 8.84. The first-order chi connectivity index (χ1) is 13.0. The number of benzene rings is 2. The molecule has 2 aromatic carbocycles. The van der Waals surface area contributed by atoms with Crippen LogP contribution in [-0.2, 0) is 9.59 Å². The van der Waals surface area contributed by atoms with E-state index in [1.165, 1.54) is 4.90 Å². The molecule has 1 aliphatic rings. The summed E-state index contributed by atoms with van der Waals surface area (Å²) in [6.07, 6.45) is 2.41. The van der Waals surface area contributed by atoms with Crippen LogP contribution in [-0.4, -0.2) is 24.4 Å². The lowest BCUT2D eigenvalue weighted by Crippen LogP contribution is -2.46. The fourth-order valence-corrected chi connectivity index (χ4v) is 2.91. The van der Waals surface area contributed by atoms with Gasteiger partial charge in [0.15, 0.2) is 11.5 Å². The summed E-state index contributed by atoms with van der Waals surface area (Å²) in [5.74, 6) is 0.0456. The lowest BCUT2D eigenvalue weighted by molar-refractivity contribution is -0.123. The number of halogens is 1. The van der Waals surface area contributed by atoms with Crippen LogP contribution in [0.4, 0.5) is 5.69 Å². The number of amides is 2. The predicted octanol–water partition coefficient (Wildman–Crippen LogP) is 4.02. The van der Waals surface area contributed by atoms with Crippen LogP contribution in [0.5, 0.6) is 5.75 Å². The Morgan fingerprint density at radius 3 is 2.67 bits per heavy atom. The minimum Gasteiger partial charge on any atom is -0.449 e. The second-order valence-electron chi connectivity index (χ2n) is 6.37. The average molecular weight is 385 g/mol. The standard InChI is InChI=1S/C21H21ClN2O3/c1-3-14(2)23-20(25)13-24-17-10-6-7-11-18(17)27-19(21(24)26)12-15-8-4-5-9-16(15)22/h4-12,14H,3,13H2,1-2H3,(H,23,25)/b19-12+/t14-/m0/s1. The number of ether oxygens (including phenoxy) is 1. The summed E-state index contributed by atoms with van der Waals surface area (Å²) >= 11 is 6.20. The highest BCUT2D eigenvalue weighted by Crippen LogP contribution is 2.35. The van der Waals surface area contributed by atoms with Gasteiger partial charge in [0, 0.05) is 11.1 Å². The van der Waals surface area contributed by atoms with E-state index in [1.807, 2.05) is 32.0 Å². The maximum absolute atomic E-state index is 13.0. The van der Waals surface area contributed by atoms with E-state index in [0.29, 0.717) is 22.0 Å². The minimum atomic E-state index is -0.382. The number of carbonyl (C=O) groups is 2. The zero-order chi connectivity index (χ0) is 19.4. The van der Waals surface area contributed by atoms with E-state index < -0.39 is 0 Å². The molecule has 27 heavy (non-hydrogen) atoms. The molecule has 1 N–H and O–H groups in total. The van der Waals surface area contributed by atoms with E-state index in [1.54, 1.807) is 36.4 Å². The molecule has 0 spiro atoms. The number of anilines is 1. The number of nitrogens with one attached hydrogen (secondary N) is 1. The molecule has 6 heteroatoms. The minimum absolute atomic E-state index is 0.0435. The Balaban J connectivity index is 1.93. The Hall–Kier alpha value is -2.79. The van der Waals surface area contributed by atoms with Gasteiger partial charge in [0.25, 0.3) is 5.91 Å². The maximum Gasteiger partial charge on any atom is 0.294 e. The van der Waals surface area contributed by atoms with E-state index >= 15 is 0 Å². The molecule has 0 aromatic heterocycles. The molecule has 0 unspecified atom stereocenters. The number of fused-ring (bicyclic) bond motifs is 1. The molecule has 0 saturated carbocycles. The summed E-state index contributed by atoms with van der Waals surface area (Å²) < 4.78 is 5.80. The molecule has 1 aliphatic heterocycles. The Kier molecular flexibility index (Phi) is 5.81. The molecule has 0 fully saturated rings. The van der Waals surface area contributed by atoms with Crippen LogP contribution < -0.4 is 15.0 Å². The fraction of sp³-hybridized carbons (Fsp3) is 0.238. The zero-order valence-electron chi connectivity index (χ0n) is 15.2. The van der Waals surface area contributed by atoms with Crippen LogP contribution >= 0.6 is 11.6 Å². The third-order valence-electron chi connectivity index (χ3n) is 4.35. The van der Waals surface area contributed by atoms with Crippen molar-refractivity contribution in [2.75, 3.05) is 11.4 Å². The van der Waals surface area contributed by atoms with Crippen molar-refractivity contribution in [2.45, 2.75) is 26.3 Å². The van der Waals surface area contributed by atoms with Gasteiger partial charge in [0.1, 0.15) is 6.54 Å². The van der Waals surface area contributed by atoms with Crippen molar-refractivity contribution < 1.29 is 14.3 Å². The largest absolute Gasteiger partial charge is 0.449 e. The van der Waals surface area contributed by atoms with E-state index in [0.717, 1.165) is 6.42 Å². The SMILES string of the molecule is CC[C@H](C)NC(=O)CN1C(=O)/C(=C\c2ccccc2Cl)Oc2ccccc21. The van der Waals surface area contributed by atoms with Crippen molar-refractivity contribution in [1.29, 1.82) is 0 Å². The van der Waals surface area contributed by atoms with Crippen molar-refractivity contribution >= 4 is 35.2 Å². The van der Waals surface area contributed by atoms with Gasteiger partial charge in [-0.15, -0.1) is 0 Å². The number of hydrogen-bond acceptors (Lipinski definition) is 3. The molecule has 1 heterocycles. The molecule has 5 nitrogen and oxygen atoms in total. The molecule has 0 saturated heterocycles. The normalized spacial score (nSPS) is 15.9. The van der Waals surface area contributed by atoms with E-state index in [-0.39, 0.29) is 30.2 Å². The first kappa shape index (κ1) is 19.0. The van der Waals surface area contributed by atoms with E-state index in [4.69, 9.17) is 16.3 Å². The number of rotatable bonds is 5. The van der Waals surface area contributed by atoms with Gasteiger partial charge in [0.05, 0.1) is 5.69 Å². The van der Waals surface area contributed by atoms with Gasteiger partial charge in [0.2, 0.25) is 5.91 Å². The van der Waals surface area contributed by atoms with Crippen molar-refractivity contribution in [3.63, 3.8) is 0 Å². The van der Waals surface area contributed by atoms with Crippen LogP contribution in [0.25, 0.3) is 6.08 Å². The van der Waals surface area contributed by atoms with Gasteiger partial charge in [-0.1, -0.05) is 48.9 Å². The molecule has 0 aliphatic carbocycles. The lowest BCUT2D eigenvalue weighted by Gasteiger charge is -2.30. The van der Waals surface area contributed by atoms with Gasteiger partial charge in [-0.3, -0.25) is 14.5 Å². The van der Waals surface area contributed by atoms with E-state index in [9.17, 15) is 9.59 Å². The summed E-state index contributed by atoms with van der Waals surface area (Å²) in [6.45, 7) is 3.84. The quantitative estimate of drug-likeness (QED) is 0.792. The Bertz CT molecular complexity index is 895. The summed E-state index contributed by atoms with van der Waals surface area (Å²) in [5, 5.41) is 3.40. The zero-order valence-corrected chi connectivity index (χ0v) is 16.0. The molecule has 2 aromatic rings. The summed E-state index contributed by atoms with van der Waals surface area (Å²) in [5.41, 5.74) is 1.24. The number of nitrogens with zero attached hydrogens (tertiary/aromatic N) is 1. The number of para-hydroxylation sites is 2. The van der Waals surface area contributed by atoms with Gasteiger partial charge in [-0.05, 0) is 43.2 Å². The molecule has 0 bridgehead atoms. The van der Waals surface area contributed by atoms with Crippen LogP contribution in [0.15, 0.2) is 54.3 Å². The molecule has 3 rings (SSSR count). The fourth-order valence-electron chi connectivity index (χ4n) is 2.72. The highest BCUT2D eigenvalue weighted by Gasteiger charge is 2.31. The average Bonchev–Trinajstić information content (AvgIpc) is 2.66. The summed E-state index contributed by atoms with van der Waals surface area (Å²) in [4.78, 5) is 26.8. The molecular weight excluding hydrogens is 364 g/mol. The molecule has 0 radical (unpaired) electrons. The van der Waals surface area contributed by atoms with Crippen LogP contribution in [0.3, 0.4) is 0 Å². The van der Waals surface area contributed by atoms with E-state index in [2.05, 4.69) is 5.32 Å². The molecular formula is C21H21ClN2O3. The van der Waals surface area contributed by atoms with Gasteiger partial charge in [-0.2, -0.15) is 0 Å². The number of carbonyl (C=O) groups excluding carboxylic acids is 2. The molecule has 140 valence electrons.